The Bertz CT molecular complexity index is 739. The molecule has 26 heavy (non-hydrogen) atoms. The van der Waals surface area contributed by atoms with E-state index >= 15 is 0 Å². The summed E-state index contributed by atoms with van der Waals surface area (Å²) < 4.78 is 13.3. The molecule has 2 aromatic rings. The Morgan fingerprint density at radius 1 is 1.12 bits per heavy atom. The fourth-order valence-electron chi connectivity index (χ4n) is 4.06. The summed E-state index contributed by atoms with van der Waals surface area (Å²) in [4.78, 5) is 2.14. The Labute approximate surface area is 156 Å². The fraction of sp³-hybridized carbons (Fsp3) is 0.391. The summed E-state index contributed by atoms with van der Waals surface area (Å²) in [6.07, 6.45) is 5.65. The molecule has 0 bridgehead atoms. The van der Waals surface area contributed by atoms with Crippen LogP contribution in [0.15, 0.2) is 60.2 Å². The third-order valence-electron chi connectivity index (χ3n) is 5.34. The van der Waals surface area contributed by atoms with E-state index in [0.717, 1.165) is 42.5 Å². The van der Waals surface area contributed by atoms with Crippen molar-refractivity contribution in [1.82, 2.24) is 4.90 Å². The average Bonchev–Trinajstić information content (AvgIpc) is 2.61. The van der Waals surface area contributed by atoms with Crippen LogP contribution >= 0.6 is 0 Å². The van der Waals surface area contributed by atoms with Gasteiger partial charge < -0.3 is 10.0 Å². The lowest BCUT2D eigenvalue weighted by molar-refractivity contribution is -0.0123. The minimum atomic E-state index is -0.907. The predicted molar refractivity (Wildman–Crippen MR) is 105 cm³/mol. The SMILES string of the molecule is CN(C)CC1CCC/C(=C/c2ccccc2)C1(O)Cc1ccc(F)cc1. The second kappa shape index (κ2) is 8.15. The van der Waals surface area contributed by atoms with Gasteiger partial charge in [0.15, 0.2) is 0 Å². The topological polar surface area (TPSA) is 23.5 Å². The maximum absolute atomic E-state index is 13.3. The van der Waals surface area contributed by atoms with E-state index < -0.39 is 5.60 Å². The molecule has 2 nitrogen and oxygen atoms in total. The molecular formula is C23H28FNO. The van der Waals surface area contributed by atoms with Gasteiger partial charge >= 0.3 is 0 Å². The smallest absolute Gasteiger partial charge is 0.123 e. The molecule has 0 saturated heterocycles. The predicted octanol–water partition coefficient (Wildman–Crippen LogP) is 4.54. The molecule has 0 aliphatic heterocycles. The van der Waals surface area contributed by atoms with Gasteiger partial charge in [-0.15, -0.1) is 0 Å². The molecule has 0 spiro atoms. The Kier molecular flexibility index (Phi) is 5.90. The van der Waals surface area contributed by atoms with E-state index in [1.807, 2.05) is 32.3 Å². The number of benzene rings is 2. The van der Waals surface area contributed by atoms with Crippen LogP contribution in [0.2, 0.25) is 0 Å². The van der Waals surface area contributed by atoms with E-state index in [1.165, 1.54) is 12.1 Å². The molecule has 3 heteroatoms. The van der Waals surface area contributed by atoms with Crippen LogP contribution in [0.5, 0.6) is 0 Å². The van der Waals surface area contributed by atoms with E-state index in [4.69, 9.17) is 0 Å². The van der Waals surface area contributed by atoms with Crippen LogP contribution in [0.3, 0.4) is 0 Å². The minimum absolute atomic E-state index is 0.159. The number of nitrogens with zero attached hydrogens (tertiary/aromatic N) is 1. The zero-order valence-corrected chi connectivity index (χ0v) is 15.7. The quantitative estimate of drug-likeness (QED) is 0.853. The summed E-state index contributed by atoms with van der Waals surface area (Å²) >= 11 is 0. The van der Waals surface area contributed by atoms with Crippen molar-refractivity contribution in [2.75, 3.05) is 20.6 Å². The van der Waals surface area contributed by atoms with Gasteiger partial charge in [0.25, 0.3) is 0 Å². The third-order valence-corrected chi connectivity index (χ3v) is 5.34. The number of hydrogen-bond acceptors (Lipinski definition) is 2. The maximum atomic E-state index is 13.3. The largest absolute Gasteiger partial charge is 0.385 e. The van der Waals surface area contributed by atoms with Gasteiger partial charge in [0.1, 0.15) is 5.82 Å². The summed E-state index contributed by atoms with van der Waals surface area (Å²) in [5.74, 6) is -0.0828. The van der Waals surface area contributed by atoms with Crippen molar-refractivity contribution in [2.45, 2.75) is 31.3 Å². The van der Waals surface area contributed by atoms with Crippen molar-refractivity contribution in [2.24, 2.45) is 5.92 Å². The third kappa shape index (κ3) is 4.40. The first-order valence-corrected chi connectivity index (χ1v) is 9.35. The summed E-state index contributed by atoms with van der Waals surface area (Å²) in [5.41, 5.74) is 2.27. The van der Waals surface area contributed by atoms with Crippen molar-refractivity contribution in [3.63, 3.8) is 0 Å². The van der Waals surface area contributed by atoms with Crippen LogP contribution in [0, 0.1) is 11.7 Å². The molecule has 2 atom stereocenters. The van der Waals surface area contributed by atoms with Gasteiger partial charge in [0.2, 0.25) is 0 Å². The second-order valence-corrected chi connectivity index (χ2v) is 7.66. The van der Waals surface area contributed by atoms with Gasteiger partial charge in [-0.3, -0.25) is 0 Å². The number of aliphatic hydroxyl groups is 1. The van der Waals surface area contributed by atoms with Crippen molar-refractivity contribution < 1.29 is 9.50 Å². The van der Waals surface area contributed by atoms with Gasteiger partial charge in [-0.05, 0) is 62.2 Å². The van der Waals surface area contributed by atoms with E-state index in [1.54, 1.807) is 12.1 Å². The van der Waals surface area contributed by atoms with E-state index in [9.17, 15) is 9.50 Å². The van der Waals surface area contributed by atoms with Crippen LogP contribution in [0.4, 0.5) is 4.39 Å². The molecule has 0 amide bonds. The van der Waals surface area contributed by atoms with Crippen LogP contribution in [-0.2, 0) is 6.42 Å². The summed E-state index contributed by atoms with van der Waals surface area (Å²) in [6, 6.07) is 16.7. The van der Waals surface area contributed by atoms with Crippen molar-refractivity contribution in [3.8, 4) is 0 Å². The van der Waals surface area contributed by atoms with E-state index in [0.29, 0.717) is 6.42 Å². The normalized spacial score (nSPS) is 25.0. The highest BCUT2D eigenvalue weighted by atomic mass is 19.1. The molecule has 0 aromatic heterocycles. The number of hydrogen-bond donors (Lipinski definition) is 1. The minimum Gasteiger partial charge on any atom is -0.385 e. The van der Waals surface area contributed by atoms with E-state index in [2.05, 4.69) is 23.1 Å². The number of halogens is 1. The molecule has 0 heterocycles. The van der Waals surface area contributed by atoms with Gasteiger partial charge in [0, 0.05) is 18.9 Å². The van der Waals surface area contributed by atoms with Gasteiger partial charge in [-0.25, -0.2) is 4.39 Å². The van der Waals surface area contributed by atoms with Crippen molar-refractivity contribution >= 4 is 6.08 Å². The van der Waals surface area contributed by atoms with Crippen LogP contribution in [-0.4, -0.2) is 36.2 Å². The zero-order valence-electron chi connectivity index (χ0n) is 15.7. The van der Waals surface area contributed by atoms with Gasteiger partial charge in [-0.2, -0.15) is 0 Å². The second-order valence-electron chi connectivity index (χ2n) is 7.66. The molecule has 1 fully saturated rings. The van der Waals surface area contributed by atoms with Crippen LogP contribution in [0.1, 0.15) is 30.4 Å². The molecular weight excluding hydrogens is 325 g/mol. The van der Waals surface area contributed by atoms with Gasteiger partial charge in [-0.1, -0.05) is 48.5 Å². The van der Waals surface area contributed by atoms with Crippen LogP contribution < -0.4 is 0 Å². The number of rotatable bonds is 5. The lowest BCUT2D eigenvalue weighted by atomic mass is 9.68. The molecule has 138 valence electrons. The maximum Gasteiger partial charge on any atom is 0.123 e. The molecule has 2 unspecified atom stereocenters. The molecule has 1 saturated carbocycles. The van der Waals surface area contributed by atoms with Crippen molar-refractivity contribution in [1.29, 1.82) is 0 Å². The van der Waals surface area contributed by atoms with Crippen molar-refractivity contribution in [3.05, 3.63) is 77.1 Å². The average molecular weight is 353 g/mol. The Morgan fingerprint density at radius 2 is 1.81 bits per heavy atom. The first kappa shape index (κ1) is 18.8. The molecule has 3 rings (SSSR count). The highest BCUT2D eigenvalue weighted by Gasteiger charge is 2.42. The van der Waals surface area contributed by atoms with E-state index in [-0.39, 0.29) is 11.7 Å². The summed E-state index contributed by atoms with van der Waals surface area (Å²) in [5, 5.41) is 11.8. The molecule has 1 N–H and O–H groups in total. The highest BCUT2D eigenvalue weighted by molar-refractivity contribution is 5.56. The first-order chi connectivity index (χ1) is 12.5. The molecule has 0 radical (unpaired) electrons. The highest BCUT2D eigenvalue weighted by Crippen LogP contribution is 2.41. The Hall–Kier alpha value is -1.97. The van der Waals surface area contributed by atoms with Gasteiger partial charge in [0.05, 0.1) is 5.60 Å². The van der Waals surface area contributed by atoms with Crippen LogP contribution in [0.25, 0.3) is 6.08 Å². The monoisotopic (exact) mass is 353 g/mol. The zero-order chi connectivity index (χ0) is 18.6. The standard InChI is InChI=1S/C23H28FNO/c1-25(2)17-21-10-6-9-20(15-18-7-4-3-5-8-18)23(21,26)16-19-11-13-22(24)14-12-19/h3-5,7-8,11-15,21,26H,6,9-10,16-17H2,1-2H3/b20-15-. The molecule has 2 aromatic carbocycles. The summed E-state index contributed by atoms with van der Waals surface area (Å²) in [7, 11) is 4.10. The lowest BCUT2D eigenvalue weighted by Crippen LogP contribution is -2.48. The molecule has 1 aliphatic carbocycles. The Morgan fingerprint density at radius 3 is 2.46 bits per heavy atom. The first-order valence-electron chi connectivity index (χ1n) is 9.35. The lowest BCUT2D eigenvalue weighted by Gasteiger charge is -2.43. The summed E-state index contributed by atoms with van der Waals surface area (Å²) in [6.45, 7) is 0.837. The molecule has 1 aliphatic rings. The Balaban J connectivity index is 1.97. The fourth-order valence-corrected chi connectivity index (χ4v) is 4.06.